The SMILES string of the molecule is COc1cccc(CCC2CCCN(C3CCN(Cc4cccnc4)CC3)C2)c1. The number of hydrogen-bond acceptors (Lipinski definition) is 4. The van der Waals surface area contributed by atoms with Crippen molar-refractivity contribution in [3.63, 3.8) is 0 Å². The first kappa shape index (κ1) is 20.4. The normalized spacial score (nSPS) is 21.9. The maximum Gasteiger partial charge on any atom is 0.119 e. The molecule has 0 radical (unpaired) electrons. The Morgan fingerprint density at radius 1 is 1.03 bits per heavy atom. The molecule has 1 aromatic carbocycles. The van der Waals surface area contributed by atoms with Crippen LogP contribution >= 0.6 is 0 Å². The van der Waals surface area contributed by atoms with Crippen LogP contribution in [0.2, 0.25) is 0 Å². The molecule has 1 aromatic heterocycles. The van der Waals surface area contributed by atoms with E-state index in [0.29, 0.717) is 0 Å². The van der Waals surface area contributed by atoms with Gasteiger partial charge in [-0.05, 0) is 93.4 Å². The molecule has 4 nitrogen and oxygen atoms in total. The van der Waals surface area contributed by atoms with E-state index in [4.69, 9.17) is 4.74 Å². The molecule has 3 heterocycles. The van der Waals surface area contributed by atoms with Gasteiger partial charge in [0.1, 0.15) is 5.75 Å². The molecule has 4 heteroatoms. The summed E-state index contributed by atoms with van der Waals surface area (Å²) in [6.45, 7) is 6.05. The monoisotopic (exact) mass is 393 g/mol. The third-order valence-corrected chi connectivity index (χ3v) is 6.73. The quantitative estimate of drug-likeness (QED) is 0.697. The molecular weight excluding hydrogens is 358 g/mol. The minimum atomic E-state index is 0.778. The number of nitrogens with zero attached hydrogens (tertiary/aromatic N) is 3. The molecule has 1 unspecified atom stereocenters. The van der Waals surface area contributed by atoms with E-state index in [9.17, 15) is 0 Å². The van der Waals surface area contributed by atoms with E-state index in [2.05, 4.69) is 39.0 Å². The Bertz CT molecular complexity index is 743. The number of aryl methyl sites for hydroxylation is 1. The first-order chi connectivity index (χ1) is 14.3. The van der Waals surface area contributed by atoms with E-state index in [1.807, 2.05) is 24.5 Å². The number of methoxy groups -OCH3 is 1. The Morgan fingerprint density at radius 2 is 1.90 bits per heavy atom. The minimum Gasteiger partial charge on any atom is -0.497 e. The predicted molar refractivity (Wildman–Crippen MR) is 118 cm³/mol. The van der Waals surface area contributed by atoms with Gasteiger partial charge in [-0.25, -0.2) is 0 Å². The lowest BCUT2D eigenvalue weighted by atomic mass is 9.89. The summed E-state index contributed by atoms with van der Waals surface area (Å²) in [5, 5.41) is 0. The summed E-state index contributed by atoms with van der Waals surface area (Å²) in [5.41, 5.74) is 2.74. The third-order valence-electron chi connectivity index (χ3n) is 6.73. The summed E-state index contributed by atoms with van der Waals surface area (Å²) in [6.07, 6.45) is 11.7. The summed E-state index contributed by atoms with van der Waals surface area (Å²) in [5.74, 6) is 1.81. The molecule has 2 aliphatic heterocycles. The van der Waals surface area contributed by atoms with Gasteiger partial charge in [0.15, 0.2) is 0 Å². The van der Waals surface area contributed by atoms with Crippen molar-refractivity contribution >= 4 is 0 Å². The maximum absolute atomic E-state index is 5.37. The lowest BCUT2D eigenvalue weighted by Crippen LogP contribution is -2.48. The molecule has 4 rings (SSSR count). The molecule has 29 heavy (non-hydrogen) atoms. The number of aromatic nitrogens is 1. The second-order valence-electron chi connectivity index (χ2n) is 8.76. The Labute approximate surface area is 175 Å². The van der Waals surface area contributed by atoms with Crippen molar-refractivity contribution in [2.45, 2.75) is 51.1 Å². The smallest absolute Gasteiger partial charge is 0.119 e. The molecule has 0 spiro atoms. The largest absolute Gasteiger partial charge is 0.497 e. The van der Waals surface area contributed by atoms with Crippen molar-refractivity contribution in [3.8, 4) is 5.75 Å². The van der Waals surface area contributed by atoms with E-state index < -0.39 is 0 Å². The van der Waals surface area contributed by atoms with Crippen LogP contribution in [0.3, 0.4) is 0 Å². The van der Waals surface area contributed by atoms with Gasteiger partial charge in [0.2, 0.25) is 0 Å². The van der Waals surface area contributed by atoms with Gasteiger partial charge in [-0.2, -0.15) is 0 Å². The van der Waals surface area contributed by atoms with Crippen molar-refractivity contribution in [1.82, 2.24) is 14.8 Å². The topological polar surface area (TPSA) is 28.6 Å². The summed E-state index contributed by atoms with van der Waals surface area (Å²) < 4.78 is 5.37. The summed E-state index contributed by atoms with van der Waals surface area (Å²) in [4.78, 5) is 9.66. The van der Waals surface area contributed by atoms with Crippen LogP contribution in [0, 0.1) is 5.92 Å². The number of pyridine rings is 1. The molecule has 0 saturated carbocycles. The fraction of sp³-hybridized carbons (Fsp3) is 0.560. The van der Waals surface area contributed by atoms with Crippen molar-refractivity contribution in [2.24, 2.45) is 5.92 Å². The predicted octanol–water partition coefficient (Wildman–Crippen LogP) is 4.40. The highest BCUT2D eigenvalue weighted by Gasteiger charge is 2.28. The Kier molecular flexibility index (Phi) is 7.18. The molecule has 2 saturated heterocycles. The molecular formula is C25H35N3O. The van der Waals surface area contributed by atoms with Gasteiger partial charge in [0, 0.05) is 31.5 Å². The van der Waals surface area contributed by atoms with Gasteiger partial charge in [-0.15, -0.1) is 0 Å². The van der Waals surface area contributed by atoms with Crippen LogP contribution in [0.15, 0.2) is 48.8 Å². The van der Waals surface area contributed by atoms with E-state index in [-0.39, 0.29) is 0 Å². The van der Waals surface area contributed by atoms with E-state index in [1.165, 1.54) is 75.8 Å². The number of hydrogen-bond donors (Lipinski definition) is 0. The fourth-order valence-corrected chi connectivity index (χ4v) is 5.06. The first-order valence-electron chi connectivity index (χ1n) is 11.3. The van der Waals surface area contributed by atoms with Gasteiger partial charge >= 0.3 is 0 Å². The van der Waals surface area contributed by atoms with Gasteiger partial charge in [0.05, 0.1) is 7.11 Å². The van der Waals surface area contributed by atoms with Crippen LogP contribution in [0.4, 0.5) is 0 Å². The molecule has 0 bridgehead atoms. The molecule has 2 aromatic rings. The molecule has 0 aliphatic carbocycles. The summed E-state index contributed by atoms with van der Waals surface area (Å²) in [6, 6.07) is 13.6. The fourth-order valence-electron chi connectivity index (χ4n) is 5.06. The highest BCUT2D eigenvalue weighted by molar-refractivity contribution is 5.28. The van der Waals surface area contributed by atoms with Crippen LogP contribution < -0.4 is 4.74 Å². The summed E-state index contributed by atoms with van der Waals surface area (Å²) in [7, 11) is 1.75. The number of piperidine rings is 2. The maximum atomic E-state index is 5.37. The molecule has 1 atom stereocenters. The zero-order valence-corrected chi connectivity index (χ0v) is 17.8. The van der Waals surface area contributed by atoms with Crippen LogP contribution in [-0.4, -0.2) is 54.1 Å². The zero-order chi connectivity index (χ0) is 19.9. The van der Waals surface area contributed by atoms with Crippen molar-refractivity contribution in [2.75, 3.05) is 33.3 Å². The highest BCUT2D eigenvalue weighted by Crippen LogP contribution is 2.27. The molecule has 156 valence electrons. The average Bonchev–Trinajstić information content (AvgIpc) is 2.79. The van der Waals surface area contributed by atoms with Crippen LogP contribution in [0.25, 0.3) is 0 Å². The third kappa shape index (κ3) is 5.80. The van der Waals surface area contributed by atoms with E-state index in [1.54, 1.807) is 7.11 Å². The molecule has 2 fully saturated rings. The Hall–Kier alpha value is -1.91. The van der Waals surface area contributed by atoms with E-state index in [0.717, 1.165) is 24.3 Å². The van der Waals surface area contributed by atoms with Crippen LogP contribution in [0.1, 0.15) is 43.2 Å². The van der Waals surface area contributed by atoms with Crippen molar-refractivity contribution < 1.29 is 4.74 Å². The number of benzene rings is 1. The van der Waals surface area contributed by atoms with Crippen LogP contribution in [-0.2, 0) is 13.0 Å². The minimum absolute atomic E-state index is 0.778. The number of ether oxygens (including phenoxy) is 1. The highest BCUT2D eigenvalue weighted by atomic mass is 16.5. The van der Waals surface area contributed by atoms with Crippen molar-refractivity contribution in [1.29, 1.82) is 0 Å². The van der Waals surface area contributed by atoms with E-state index >= 15 is 0 Å². The Morgan fingerprint density at radius 3 is 2.69 bits per heavy atom. The van der Waals surface area contributed by atoms with Crippen molar-refractivity contribution in [3.05, 3.63) is 59.9 Å². The Balaban J connectivity index is 1.22. The van der Waals surface area contributed by atoms with Gasteiger partial charge < -0.3 is 9.64 Å². The lowest BCUT2D eigenvalue weighted by molar-refractivity contribution is 0.0674. The van der Waals surface area contributed by atoms with Gasteiger partial charge in [-0.3, -0.25) is 9.88 Å². The second kappa shape index (κ2) is 10.2. The lowest BCUT2D eigenvalue weighted by Gasteiger charge is -2.42. The van der Waals surface area contributed by atoms with Gasteiger partial charge in [0.25, 0.3) is 0 Å². The number of likely N-dealkylation sites (tertiary alicyclic amines) is 2. The van der Waals surface area contributed by atoms with Crippen LogP contribution in [0.5, 0.6) is 5.75 Å². The average molecular weight is 394 g/mol. The second-order valence-corrected chi connectivity index (χ2v) is 8.76. The number of rotatable bonds is 7. The standard InChI is InChI=1S/C25H35N3O/c1-29-25-8-2-5-21(17-25)9-10-22-7-4-14-28(20-22)24-11-15-27(16-12-24)19-23-6-3-13-26-18-23/h2-3,5-6,8,13,17-18,22,24H,4,7,9-12,14-16,19-20H2,1H3. The molecule has 0 amide bonds. The molecule has 0 N–H and O–H groups in total. The van der Waals surface area contributed by atoms with Gasteiger partial charge in [-0.1, -0.05) is 18.2 Å². The molecule has 2 aliphatic rings. The first-order valence-corrected chi connectivity index (χ1v) is 11.3. The summed E-state index contributed by atoms with van der Waals surface area (Å²) >= 11 is 0. The zero-order valence-electron chi connectivity index (χ0n) is 17.8.